The van der Waals surface area contributed by atoms with Crippen LogP contribution in [-0.4, -0.2) is 23.1 Å². The molecule has 5 heteroatoms. The molecule has 1 aliphatic carbocycles. The monoisotopic (exact) mass is 290 g/mol. The third-order valence-electron chi connectivity index (χ3n) is 3.81. The number of hydrogen-bond donors (Lipinski definition) is 3. The highest BCUT2D eigenvalue weighted by Gasteiger charge is 2.26. The predicted molar refractivity (Wildman–Crippen MR) is 79.1 cm³/mol. The van der Waals surface area contributed by atoms with Crippen LogP contribution >= 0.6 is 0 Å². The second kappa shape index (κ2) is 5.85. The molecule has 0 saturated carbocycles. The lowest BCUT2D eigenvalue weighted by Crippen LogP contribution is -2.44. The van der Waals surface area contributed by atoms with Crippen LogP contribution in [0, 0.1) is 5.41 Å². The average Bonchev–Trinajstić information content (AvgIpc) is 2.44. The molecule has 0 saturated heterocycles. The fourth-order valence-electron chi connectivity index (χ4n) is 2.49. The summed E-state index contributed by atoms with van der Waals surface area (Å²) in [6, 6.07) is 5.51. The van der Waals surface area contributed by atoms with Crippen LogP contribution in [0.25, 0.3) is 0 Å². The molecule has 3 N–H and O–H groups in total. The SMILES string of the molecule is CC(C)(C)C(=O)N[C@@H]1CCc2ccc(C(=O)NO)cc2C1. The highest BCUT2D eigenvalue weighted by Crippen LogP contribution is 2.24. The van der Waals surface area contributed by atoms with Crippen molar-refractivity contribution in [3.63, 3.8) is 0 Å². The van der Waals surface area contributed by atoms with Crippen LogP contribution in [0.1, 0.15) is 48.7 Å². The minimum atomic E-state index is -0.515. The molecular weight excluding hydrogens is 268 g/mol. The summed E-state index contributed by atoms with van der Waals surface area (Å²) in [5, 5.41) is 11.8. The Bertz CT molecular complexity index is 561. The number of carbonyl (C=O) groups is 2. The lowest BCUT2D eigenvalue weighted by molar-refractivity contribution is -0.129. The van der Waals surface area contributed by atoms with E-state index >= 15 is 0 Å². The third kappa shape index (κ3) is 3.61. The molecule has 114 valence electrons. The first kappa shape index (κ1) is 15.5. The lowest BCUT2D eigenvalue weighted by Gasteiger charge is -2.28. The molecule has 0 radical (unpaired) electrons. The highest BCUT2D eigenvalue weighted by atomic mass is 16.5. The minimum absolute atomic E-state index is 0.0419. The Kier molecular flexibility index (Phi) is 4.32. The summed E-state index contributed by atoms with van der Waals surface area (Å²) in [4.78, 5) is 23.5. The van der Waals surface area contributed by atoms with Crippen LogP contribution in [0.5, 0.6) is 0 Å². The van der Waals surface area contributed by atoms with Crippen LogP contribution in [0.4, 0.5) is 0 Å². The quantitative estimate of drug-likeness (QED) is 0.574. The van der Waals surface area contributed by atoms with E-state index in [-0.39, 0.29) is 11.9 Å². The van der Waals surface area contributed by atoms with Crippen molar-refractivity contribution in [2.24, 2.45) is 5.41 Å². The fourth-order valence-corrected chi connectivity index (χ4v) is 2.49. The van der Waals surface area contributed by atoms with Crippen molar-refractivity contribution in [1.29, 1.82) is 0 Å². The van der Waals surface area contributed by atoms with E-state index in [0.29, 0.717) is 12.0 Å². The Morgan fingerprint density at radius 1 is 1.24 bits per heavy atom. The van der Waals surface area contributed by atoms with Gasteiger partial charge in [0.05, 0.1) is 0 Å². The topological polar surface area (TPSA) is 78.4 Å². The molecule has 0 heterocycles. The predicted octanol–water partition coefficient (Wildman–Crippen LogP) is 1.83. The number of amides is 2. The van der Waals surface area contributed by atoms with Gasteiger partial charge in [-0.3, -0.25) is 14.8 Å². The number of hydrogen-bond acceptors (Lipinski definition) is 3. The highest BCUT2D eigenvalue weighted by molar-refractivity contribution is 5.93. The van der Waals surface area contributed by atoms with Gasteiger partial charge in [0.2, 0.25) is 5.91 Å². The molecule has 1 aromatic carbocycles. The Morgan fingerprint density at radius 3 is 2.57 bits per heavy atom. The fraction of sp³-hybridized carbons (Fsp3) is 0.500. The van der Waals surface area contributed by atoms with E-state index in [0.717, 1.165) is 18.4 Å². The van der Waals surface area contributed by atoms with Gasteiger partial charge in [0.1, 0.15) is 0 Å². The summed E-state index contributed by atoms with van der Waals surface area (Å²) in [5.41, 5.74) is 3.93. The van der Waals surface area contributed by atoms with E-state index < -0.39 is 11.3 Å². The van der Waals surface area contributed by atoms with Crippen molar-refractivity contribution in [1.82, 2.24) is 10.8 Å². The maximum absolute atomic E-state index is 12.1. The largest absolute Gasteiger partial charge is 0.353 e. The molecule has 0 aromatic heterocycles. The van der Waals surface area contributed by atoms with Gasteiger partial charge >= 0.3 is 0 Å². The summed E-state index contributed by atoms with van der Waals surface area (Å²) in [7, 11) is 0. The average molecular weight is 290 g/mol. The first-order chi connectivity index (χ1) is 9.81. The van der Waals surface area contributed by atoms with Gasteiger partial charge in [-0.05, 0) is 42.5 Å². The number of aryl methyl sites for hydroxylation is 1. The van der Waals surface area contributed by atoms with Crippen molar-refractivity contribution in [3.05, 3.63) is 34.9 Å². The molecule has 0 bridgehead atoms. The number of rotatable bonds is 2. The van der Waals surface area contributed by atoms with Gasteiger partial charge in [-0.1, -0.05) is 26.8 Å². The van der Waals surface area contributed by atoms with E-state index in [9.17, 15) is 9.59 Å². The van der Waals surface area contributed by atoms with Gasteiger partial charge in [0.25, 0.3) is 5.91 Å². The Morgan fingerprint density at radius 2 is 1.95 bits per heavy atom. The van der Waals surface area contributed by atoms with Crippen LogP contribution < -0.4 is 10.8 Å². The Labute approximate surface area is 124 Å². The number of nitrogens with one attached hydrogen (secondary N) is 2. The molecule has 1 aromatic rings. The summed E-state index contributed by atoms with van der Waals surface area (Å²) in [6.45, 7) is 5.67. The zero-order chi connectivity index (χ0) is 15.6. The van der Waals surface area contributed by atoms with Crippen molar-refractivity contribution in [2.75, 3.05) is 0 Å². The van der Waals surface area contributed by atoms with Gasteiger partial charge in [-0.15, -0.1) is 0 Å². The minimum Gasteiger partial charge on any atom is -0.353 e. The molecule has 5 nitrogen and oxygen atoms in total. The van der Waals surface area contributed by atoms with Crippen LogP contribution in [-0.2, 0) is 17.6 Å². The van der Waals surface area contributed by atoms with Gasteiger partial charge in [-0.2, -0.15) is 0 Å². The van der Waals surface area contributed by atoms with E-state index in [2.05, 4.69) is 5.32 Å². The van der Waals surface area contributed by atoms with E-state index in [1.807, 2.05) is 26.8 Å². The van der Waals surface area contributed by atoms with Crippen LogP contribution in [0.3, 0.4) is 0 Å². The number of fused-ring (bicyclic) bond motifs is 1. The van der Waals surface area contributed by atoms with E-state index in [1.54, 1.807) is 17.6 Å². The molecule has 0 spiro atoms. The maximum Gasteiger partial charge on any atom is 0.274 e. The molecule has 1 atom stereocenters. The molecule has 1 aliphatic rings. The Balaban J connectivity index is 2.12. The molecule has 0 aliphatic heterocycles. The normalized spacial score (nSPS) is 17.8. The van der Waals surface area contributed by atoms with Gasteiger partial charge in [0, 0.05) is 17.0 Å². The zero-order valence-corrected chi connectivity index (χ0v) is 12.7. The van der Waals surface area contributed by atoms with Crippen molar-refractivity contribution in [2.45, 2.75) is 46.1 Å². The van der Waals surface area contributed by atoms with Crippen molar-refractivity contribution < 1.29 is 14.8 Å². The molecule has 2 amide bonds. The lowest BCUT2D eigenvalue weighted by atomic mass is 9.86. The molecule has 0 fully saturated rings. The standard InChI is InChI=1S/C16H22N2O3/c1-16(2,3)15(20)17-13-7-6-10-4-5-11(14(19)18-21)8-12(10)9-13/h4-5,8,13,21H,6-7,9H2,1-3H3,(H,17,20)(H,18,19)/t13-/m1/s1. The first-order valence-corrected chi connectivity index (χ1v) is 7.18. The third-order valence-corrected chi connectivity index (χ3v) is 3.81. The van der Waals surface area contributed by atoms with E-state index in [4.69, 9.17) is 5.21 Å². The van der Waals surface area contributed by atoms with Crippen molar-refractivity contribution >= 4 is 11.8 Å². The molecule has 21 heavy (non-hydrogen) atoms. The number of hydroxylamine groups is 1. The number of benzene rings is 1. The molecular formula is C16H22N2O3. The second-order valence-electron chi connectivity index (χ2n) is 6.59. The molecule has 2 rings (SSSR count). The maximum atomic E-state index is 12.1. The summed E-state index contributed by atoms with van der Waals surface area (Å²) >= 11 is 0. The second-order valence-corrected chi connectivity index (χ2v) is 6.59. The Hall–Kier alpha value is -1.88. The summed E-state index contributed by atoms with van der Waals surface area (Å²) < 4.78 is 0. The first-order valence-electron chi connectivity index (χ1n) is 7.18. The van der Waals surface area contributed by atoms with Crippen LogP contribution in [0.15, 0.2) is 18.2 Å². The van der Waals surface area contributed by atoms with Crippen molar-refractivity contribution in [3.8, 4) is 0 Å². The van der Waals surface area contributed by atoms with E-state index in [1.165, 1.54) is 5.56 Å². The number of carbonyl (C=O) groups excluding carboxylic acids is 2. The van der Waals surface area contributed by atoms with Gasteiger partial charge < -0.3 is 5.32 Å². The summed E-state index contributed by atoms with van der Waals surface area (Å²) in [5.74, 6) is -0.473. The smallest absolute Gasteiger partial charge is 0.274 e. The van der Waals surface area contributed by atoms with Gasteiger partial charge in [0.15, 0.2) is 0 Å². The summed E-state index contributed by atoms with van der Waals surface area (Å²) in [6.07, 6.45) is 2.50. The zero-order valence-electron chi connectivity index (χ0n) is 12.7. The van der Waals surface area contributed by atoms with Gasteiger partial charge in [-0.25, -0.2) is 5.48 Å². The molecule has 0 unspecified atom stereocenters. The van der Waals surface area contributed by atoms with Crippen LogP contribution in [0.2, 0.25) is 0 Å².